The van der Waals surface area contributed by atoms with Crippen molar-refractivity contribution in [3.05, 3.63) is 46.9 Å². The lowest BCUT2D eigenvalue weighted by atomic mass is 10.1. The normalized spacial score (nSPS) is 17.8. The molecule has 0 bridgehead atoms. The second kappa shape index (κ2) is 8.06. The molecule has 136 valence electrons. The van der Waals surface area contributed by atoms with Crippen molar-refractivity contribution >= 4 is 5.91 Å². The van der Waals surface area contributed by atoms with E-state index < -0.39 is 11.9 Å². The van der Waals surface area contributed by atoms with Crippen molar-refractivity contribution in [3.63, 3.8) is 0 Å². The Balaban J connectivity index is 1.65. The van der Waals surface area contributed by atoms with Gasteiger partial charge in [-0.2, -0.15) is 10.2 Å². The highest BCUT2D eigenvalue weighted by Gasteiger charge is 2.28. The van der Waals surface area contributed by atoms with Crippen LogP contribution in [0.25, 0.3) is 0 Å². The minimum absolute atomic E-state index is 0.0487. The summed E-state index contributed by atoms with van der Waals surface area (Å²) in [5, 5.41) is 15.7. The number of amides is 1. The third-order valence-corrected chi connectivity index (χ3v) is 4.40. The number of hydrogen-bond acceptors (Lipinski definition) is 6. The van der Waals surface area contributed by atoms with Crippen LogP contribution in [0.1, 0.15) is 42.1 Å². The first kappa shape index (κ1) is 18.0. The molecule has 0 aliphatic carbocycles. The quantitative estimate of drug-likeness (QED) is 0.880. The van der Waals surface area contributed by atoms with Crippen molar-refractivity contribution in [1.82, 2.24) is 20.4 Å². The fourth-order valence-corrected chi connectivity index (χ4v) is 3.01. The summed E-state index contributed by atoms with van der Waals surface area (Å²) < 4.78 is 19.1. The van der Waals surface area contributed by atoms with Crippen LogP contribution in [0, 0.1) is 24.1 Å². The van der Waals surface area contributed by atoms with Gasteiger partial charge < -0.3 is 14.7 Å². The van der Waals surface area contributed by atoms with Gasteiger partial charge in [-0.25, -0.2) is 4.39 Å². The third kappa shape index (κ3) is 4.24. The predicted molar refractivity (Wildman–Crippen MR) is 90.0 cm³/mol. The van der Waals surface area contributed by atoms with Gasteiger partial charge in [-0.05, 0) is 38.3 Å². The summed E-state index contributed by atoms with van der Waals surface area (Å²) in [5.41, 5.74) is 0.706. The summed E-state index contributed by atoms with van der Waals surface area (Å²) in [6.07, 6.45) is 2.48. The summed E-state index contributed by atoms with van der Waals surface area (Å²) in [5.74, 6) is 0.450. The van der Waals surface area contributed by atoms with Crippen LogP contribution < -0.4 is 5.32 Å². The lowest BCUT2D eigenvalue weighted by Gasteiger charge is -2.23. The molecule has 1 aromatic carbocycles. The van der Waals surface area contributed by atoms with Gasteiger partial charge in [0, 0.05) is 18.7 Å². The molecule has 26 heavy (non-hydrogen) atoms. The van der Waals surface area contributed by atoms with E-state index in [-0.39, 0.29) is 24.6 Å². The van der Waals surface area contributed by atoms with Gasteiger partial charge in [0.2, 0.25) is 11.8 Å². The molecule has 1 N–H and O–H groups in total. The molecule has 1 aliphatic heterocycles. The molecule has 1 aliphatic rings. The molecule has 1 fully saturated rings. The van der Waals surface area contributed by atoms with Gasteiger partial charge in [0.1, 0.15) is 12.4 Å². The number of carbonyl (C=O) groups is 1. The lowest BCUT2D eigenvalue weighted by molar-refractivity contribution is -0.133. The van der Waals surface area contributed by atoms with E-state index in [0.29, 0.717) is 30.2 Å². The van der Waals surface area contributed by atoms with Crippen LogP contribution in [-0.2, 0) is 17.9 Å². The second-order valence-corrected chi connectivity index (χ2v) is 6.34. The third-order valence-electron chi connectivity index (χ3n) is 4.40. The van der Waals surface area contributed by atoms with Crippen molar-refractivity contribution in [2.75, 3.05) is 6.54 Å². The molecule has 3 rings (SSSR count). The molecule has 8 heteroatoms. The average molecular weight is 357 g/mol. The number of nitrogens with one attached hydrogen (secondary N) is 1. The van der Waals surface area contributed by atoms with Crippen LogP contribution in [0.5, 0.6) is 0 Å². The van der Waals surface area contributed by atoms with Crippen LogP contribution in [-0.4, -0.2) is 33.5 Å². The topological polar surface area (TPSA) is 95.0 Å². The molecule has 2 aromatic rings. The van der Waals surface area contributed by atoms with Gasteiger partial charge in [-0.3, -0.25) is 4.79 Å². The van der Waals surface area contributed by atoms with Gasteiger partial charge in [-0.1, -0.05) is 11.2 Å². The monoisotopic (exact) mass is 357 g/mol. The van der Waals surface area contributed by atoms with E-state index in [1.807, 2.05) is 6.07 Å². The van der Waals surface area contributed by atoms with Crippen LogP contribution >= 0.6 is 0 Å². The molecule has 1 amide bonds. The van der Waals surface area contributed by atoms with Crippen LogP contribution in [0.4, 0.5) is 4.39 Å². The van der Waals surface area contributed by atoms with E-state index in [0.717, 1.165) is 12.8 Å². The van der Waals surface area contributed by atoms with Crippen molar-refractivity contribution in [2.45, 2.75) is 45.3 Å². The zero-order chi connectivity index (χ0) is 18.5. The number of likely N-dealkylation sites (tertiary alicyclic amines) is 1. The van der Waals surface area contributed by atoms with Crippen LogP contribution in [0.2, 0.25) is 0 Å². The SMILES string of the molecule is Cc1noc(CN2CCCCC(NCc3ccc(C#N)cc3F)C2=O)n1. The van der Waals surface area contributed by atoms with Crippen LogP contribution in [0.3, 0.4) is 0 Å². The minimum atomic E-state index is -0.448. The highest BCUT2D eigenvalue weighted by atomic mass is 19.1. The van der Waals surface area contributed by atoms with Crippen molar-refractivity contribution in [3.8, 4) is 6.07 Å². The Kier molecular flexibility index (Phi) is 5.58. The molecule has 1 saturated heterocycles. The molecular formula is C18H20FN5O2. The Morgan fingerprint density at radius 1 is 1.46 bits per heavy atom. The zero-order valence-electron chi connectivity index (χ0n) is 14.5. The maximum atomic E-state index is 14.0. The van der Waals surface area contributed by atoms with E-state index in [4.69, 9.17) is 9.78 Å². The number of rotatable bonds is 5. The van der Waals surface area contributed by atoms with Gasteiger partial charge in [0.25, 0.3) is 0 Å². The maximum absolute atomic E-state index is 14.0. The molecule has 1 unspecified atom stereocenters. The molecule has 1 aromatic heterocycles. The lowest BCUT2D eigenvalue weighted by Crippen LogP contribution is -2.44. The molecular weight excluding hydrogens is 337 g/mol. The molecule has 0 radical (unpaired) electrons. The van der Waals surface area contributed by atoms with Gasteiger partial charge in [0.15, 0.2) is 5.82 Å². The van der Waals surface area contributed by atoms with Gasteiger partial charge in [-0.15, -0.1) is 0 Å². The summed E-state index contributed by atoms with van der Waals surface area (Å²) in [6, 6.07) is 5.86. The van der Waals surface area contributed by atoms with Crippen molar-refractivity contribution < 1.29 is 13.7 Å². The standard InChI is InChI=1S/C18H20FN5O2/c1-12-22-17(26-23-12)11-24-7-3-2-4-16(18(24)25)21-10-14-6-5-13(9-20)8-15(14)19/h5-6,8,16,21H,2-4,7,10-11H2,1H3. The van der Waals surface area contributed by atoms with Gasteiger partial charge in [0.05, 0.1) is 17.7 Å². The van der Waals surface area contributed by atoms with Crippen molar-refractivity contribution in [2.24, 2.45) is 0 Å². The minimum Gasteiger partial charge on any atom is -0.337 e. The molecule has 2 heterocycles. The Labute approximate surface area is 150 Å². The van der Waals surface area contributed by atoms with E-state index in [2.05, 4.69) is 15.5 Å². The second-order valence-electron chi connectivity index (χ2n) is 6.34. The predicted octanol–water partition coefficient (Wildman–Crippen LogP) is 2.06. The van der Waals surface area contributed by atoms with Crippen LogP contribution in [0.15, 0.2) is 22.7 Å². The zero-order valence-corrected chi connectivity index (χ0v) is 14.5. The number of carbonyl (C=O) groups excluding carboxylic acids is 1. The molecule has 0 saturated carbocycles. The van der Waals surface area contributed by atoms with E-state index >= 15 is 0 Å². The van der Waals surface area contributed by atoms with Gasteiger partial charge >= 0.3 is 0 Å². The first-order valence-corrected chi connectivity index (χ1v) is 8.56. The van der Waals surface area contributed by atoms with E-state index in [9.17, 15) is 9.18 Å². The summed E-state index contributed by atoms with van der Waals surface area (Å²) in [6.45, 7) is 2.86. The number of aryl methyl sites for hydroxylation is 1. The molecule has 7 nitrogen and oxygen atoms in total. The number of nitrogens with zero attached hydrogens (tertiary/aromatic N) is 4. The Morgan fingerprint density at radius 3 is 3.00 bits per heavy atom. The Hall–Kier alpha value is -2.79. The number of halogens is 1. The number of benzene rings is 1. The summed E-state index contributed by atoms with van der Waals surface area (Å²) >= 11 is 0. The first-order chi connectivity index (χ1) is 12.6. The fourth-order valence-electron chi connectivity index (χ4n) is 3.01. The number of nitriles is 1. The Morgan fingerprint density at radius 2 is 2.31 bits per heavy atom. The molecule has 0 spiro atoms. The maximum Gasteiger partial charge on any atom is 0.246 e. The highest BCUT2D eigenvalue weighted by Crippen LogP contribution is 2.16. The largest absolute Gasteiger partial charge is 0.337 e. The van der Waals surface area contributed by atoms with Crippen molar-refractivity contribution in [1.29, 1.82) is 5.26 Å². The smallest absolute Gasteiger partial charge is 0.246 e. The number of hydrogen-bond donors (Lipinski definition) is 1. The first-order valence-electron chi connectivity index (χ1n) is 8.56. The van der Waals surface area contributed by atoms with E-state index in [1.54, 1.807) is 24.0 Å². The fraction of sp³-hybridized carbons (Fsp3) is 0.444. The molecule has 1 atom stereocenters. The highest BCUT2D eigenvalue weighted by molar-refractivity contribution is 5.82. The number of aromatic nitrogens is 2. The Bertz CT molecular complexity index is 829. The summed E-state index contributed by atoms with van der Waals surface area (Å²) in [7, 11) is 0. The summed E-state index contributed by atoms with van der Waals surface area (Å²) in [4.78, 5) is 18.6. The average Bonchev–Trinajstić information content (AvgIpc) is 2.96. The van der Waals surface area contributed by atoms with E-state index in [1.165, 1.54) is 6.07 Å².